The molecule has 2 aromatic rings. The SMILES string of the molecule is [CH2]c1cccc(NC(=O)[C@@H](CS)NC(=O)c2cc(Cl)cc(Cl)c2)c1. The van der Waals surface area contributed by atoms with Crippen LogP contribution in [0.3, 0.4) is 0 Å². The zero-order valence-corrected chi connectivity index (χ0v) is 15.0. The Morgan fingerprint density at radius 3 is 2.38 bits per heavy atom. The van der Waals surface area contributed by atoms with Gasteiger partial charge >= 0.3 is 0 Å². The molecule has 0 heterocycles. The summed E-state index contributed by atoms with van der Waals surface area (Å²) < 4.78 is 0. The van der Waals surface area contributed by atoms with E-state index in [1.54, 1.807) is 18.2 Å². The average Bonchev–Trinajstić information content (AvgIpc) is 2.51. The molecule has 0 aliphatic carbocycles. The van der Waals surface area contributed by atoms with Crippen LogP contribution in [0.4, 0.5) is 5.69 Å². The first-order valence-electron chi connectivity index (χ1n) is 7.00. The second-order valence-electron chi connectivity index (χ2n) is 5.06. The summed E-state index contributed by atoms with van der Waals surface area (Å²) in [4.78, 5) is 24.6. The van der Waals surface area contributed by atoms with Gasteiger partial charge < -0.3 is 10.6 Å². The summed E-state index contributed by atoms with van der Waals surface area (Å²) >= 11 is 15.9. The fourth-order valence-electron chi connectivity index (χ4n) is 2.00. The fraction of sp³-hybridized carbons (Fsp3) is 0.118. The topological polar surface area (TPSA) is 58.2 Å². The van der Waals surface area contributed by atoms with Crippen LogP contribution in [0.5, 0.6) is 0 Å². The van der Waals surface area contributed by atoms with E-state index in [1.807, 2.05) is 6.07 Å². The molecule has 0 aliphatic heterocycles. The number of thiol groups is 1. The lowest BCUT2D eigenvalue weighted by atomic mass is 10.2. The van der Waals surface area contributed by atoms with E-state index in [4.69, 9.17) is 23.2 Å². The fourth-order valence-corrected chi connectivity index (χ4v) is 2.78. The Balaban J connectivity index is 2.07. The Bertz CT molecular complexity index is 748. The van der Waals surface area contributed by atoms with Gasteiger partial charge in [0.15, 0.2) is 0 Å². The molecule has 0 saturated carbocycles. The molecule has 2 amide bonds. The maximum absolute atomic E-state index is 12.3. The van der Waals surface area contributed by atoms with Gasteiger partial charge in [-0.1, -0.05) is 35.3 Å². The van der Waals surface area contributed by atoms with Gasteiger partial charge in [-0.05, 0) is 42.8 Å². The van der Waals surface area contributed by atoms with Crippen LogP contribution in [0.25, 0.3) is 0 Å². The minimum atomic E-state index is -0.813. The lowest BCUT2D eigenvalue weighted by Gasteiger charge is -2.17. The molecule has 0 saturated heterocycles. The lowest BCUT2D eigenvalue weighted by Crippen LogP contribution is -2.45. The van der Waals surface area contributed by atoms with E-state index in [0.717, 1.165) is 5.56 Å². The smallest absolute Gasteiger partial charge is 0.252 e. The molecule has 4 nitrogen and oxygen atoms in total. The number of benzene rings is 2. The molecule has 0 fully saturated rings. The van der Waals surface area contributed by atoms with E-state index >= 15 is 0 Å². The van der Waals surface area contributed by atoms with Gasteiger partial charge in [0.2, 0.25) is 5.91 Å². The molecule has 1 radical (unpaired) electrons. The van der Waals surface area contributed by atoms with E-state index in [1.165, 1.54) is 18.2 Å². The summed E-state index contributed by atoms with van der Waals surface area (Å²) in [5, 5.41) is 6.01. The van der Waals surface area contributed by atoms with Crippen molar-refractivity contribution >= 4 is 53.3 Å². The van der Waals surface area contributed by atoms with Gasteiger partial charge in [-0.2, -0.15) is 12.6 Å². The Kier molecular flexibility index (Phi) is 6.54. The molecule has 0 aliphatic rings. The van der Waals surface area contributed by atoms with Crippen LogP contribution in [0.2, 0.25) is 10.0 Å². The average molecular weight is 382 g/mol. The molecule has 1 atom stereocenters. The molecule has 2 N–H and O–H groups in total. The van der Waals surface area contributed by atoms with Crippen molar-refractivity contribution in [3.8, 4) is 0 Å². The van der Waals surface area contributed by atoms with Gasteiger partial charge in [0.1, 0.15) is 6.04 Å². The largest absolute Gasteiger partial charge is 0.339 e. The van der Waals surface area contributed by atoms with Crippen LogP contribution < -0.4 is 10.6 Å². The van der Waals surface area contributed by atoms with E-state index in [-0.39, 0.29) is 17.2 Å². The number of rotatable bonds is 5. The van der Waals surface area contributed by atoms with Crippen molar-refractivity contribution in [1.82, 2.24) is 5.32 Å². The third kappa shape index (κ3) is 5.16. The van der Waals surface area contributed by atoms with Crippen molar-refractivity contribution in [2.45, 2.75) is 6.04 Å². The van der Waals surface area contributed by atoms with Gasteiger partial charge in [0.05, 0.1) is 0 Å². The maximum Gasteiger partial charge on any atom is 0.252 e. The molecule has 0 aromatic heterocycles. The van der Waals surface area contributed by atoms with Crippen LogP contribution in [0, 0.1) is 6.92 Å². The molecule has 0 spiro atoms. The lowest BCUT2D eigenvalue weighted by molar-refractivity contribution is -0.117. The van der Waals surface area contributed by atoms with Crippen molar-refractivity contribution in [3.05, 3.63) is 70.6 Å². The molecular formula is C17H15Cl2N2O2S. The summed E-state index contributed by atoms with van der Waals surface area (Å²) in [6, 6.07) is 10.7. The van der Waals surface area contributed by atoms with Crippen LogP contribution in [-0.4, -0.2) is 23.6 Å². The number of halogens is 2. The van der Waals surface area contributed by atoms with Crippen molar-refractivity contribution in [2.75, 3.05) is 11.1 Å². The Hall–Kier alpha value is -1.69. The van der Waals surface area contributed by atoms with Gasteiger partial charge in [-0.3, -0.25) is 9.59 Å². The molecule has 24 heavy (non-hydrogen) atoms. The van der Waals surface area contributed by atoms with Crippen LogP contribution in [-0.2, 0) is 4.79 Å². The number of hydrogen-bond donors (Lipinski definition) is 3. The van der Waals surface area contributed by atoms with Gasteiger partial charge in [0, 0.05) is 27.0 Å². The summed E-state index contributed by atoms with van der Waals surface area (Å²) in [6.45, 7) is 3.80. The first-order chi connectivity index (χ1) is 11.4. The van der Waals surface area contributed by atoms with E-state index < -0.39 is 11.9 Å². The second-order valence-corrected chi connectivity index (χ2v) is 6.29. The number of anilines is 1. The van der Waals surface area contributed by atoms with E-state index in [9.17, 15) is 9.59 Å². The number of carbonyl (C=O) groups is 2. The normalized spacial score (nSPS) is 11.7. The van der Waals surface area contributed by atoms with Gasteiger partial charge in [0.25, 0.3) is 5.91 Å². The Morgan fingerprint density at radius 1 is 1.12 bits per heavy atom. The minimum absolute atomic E-state index is 0.135. The highest BCUT2D eigenvalue weighted by molar-refractivity contribution is 7.80. The molecule has 7 heteroatoms. The third-order valence-electron chi connectivity index (χ3n) is 3.12. The van der Waals surface area contributed by atoms with E-state index in [2.05, 4.69) is 30.2 Å². The predicted molar refractivity (Wildman–Crippen MR) is 101 cm³/mol. The van der Waals surface area contributed by atoms with Crippen LogP contribution in [0.1, 0.15) is 15.9 Å². The molecule has 125 valence electrons. The standard InChI is InChI=1S/C17H15Cl2N2O2S/c1-10-3-2-4-14(5-10)20-17(23)15(9-24)21-16(22)11-6-12(18)8-13(19)7-11/h2-8,15,24H,1,9H2,(H,20,23)(H,21,22)/t15-/m1/s1. The summed E-state index contributed by atoms with van der Waals surface area (Å²) in [5.41, 5.74) is 1.64. The van der Waals surface area contributed by atoms with Crippen molar-refractivity contribution in [1.29, 1.82) is 0 Å². The summed E-state index contributed by atoms with van der Waals surface area (Å²) in [6.07, 6.45) is 0. The van der Waals surface area contributed by atoms with Crippen molar-refractivity contribution < 1.29 is 9.59 Å². The molecular weight excluding hydrogens is 367 g/mol. The number of amides is 2. The third-order valence-corrected chi connectivity index (χ3v) is 3.93. The molecule has 0 unspecified atom stereocenters. The zero-order chi connectivity index (χ0) is 17.7. The highest BCUT2D eigenvalue weighted by atomic mass is 35.5. The maximum atomic E-state index is 12.3. The summed E-state index contributed by atoms with van der Waals surface area (Å²) in [5.74, 6) is -0.702. The molecule has 0 bridgehead atoms. The van der Waals surface area contributed by atoms with Crippen molar-refractivity contribution in [2.24, 2.45) is 0 Å². The predicted octanol–water partition coefficient (Wildman–Crippen LogP) is 3.84. The van der Waals surface area contributed by atoms with Crippen LogP contribution in [0.15, 0.2) is 42.5 Å². The van der Waals surface area contributed by atoms with E-state index in [0.29, 0.717) is 15.7 Å². The monoisotopic (exact) mass is 381 g/mol. The summed E-state index contributed by atoms with van der Waals surface area (Å²) in [7, 11) is 0. The highest BCUT2D eigenvalue weighted by Crippen LogP contribution is 2.19. The Morgan fingerprint density at radius 2 is 1.79 bits per heavy atom. The number of carbonyl (C=O) groups excluding carboxylic acids is 2. The van der Waals surface area contributed by atoms with Gasteiger partial charge in [-0.15, -0.1) is 0 Å². The van der Waals surface area contributed by atoms with Crippen molar-refractivity contribution in [3.63, 3.8) is 0 Å². The zero-order valence-electron chi connectivity index (χ0n) is 12.6. The quantitative estimate of drug-likeness (QED) is 0.689. The van der Waals surface area contributed by atoms with Crippen LogP contribution >= 0.6 is 35.8 Å². The number of nitrogens with one attached hydrogen (secondary N) is 2. The second kappa shape index (κ2) is 8.42. The van der Waals surface area contributed by atoms with Gasteiger partial charge in [-0.25, -0.2) is 0 Å². The molecule has 2 rings (SSSR count). The first-order valence-corrected chi connectivity index (χ1v) is 8.38. The number of hydrogen-bond acceptors (Lipinski definition) is 3. The molecule has 2 aromatic carbocycles. The first kappa shape index (κ1) is 18.6. The minimum Gasteiger partial charge on any atom is -0.339 e. The highest BCUT2D eigenvalue weighted by Gasteiger charge is 2.20. The Labute approximate surface area is 155 Å².